The summed E-state index contributed by atoms with van der Waals surface area (Å²) >= 11 is 0. The SMILES string of the molecule is COc1ccccc1/C=C/C(C)=C/C=C\C=NCCCC(N)=O. The first-order valence-corrected chi connectivity index (χ1v) is 7.56. The number of primary amides is 1. The number of ether oxygens (including phenoxy) is 1. The van der Waals surface area contributed by atoms with Crippen LogP contribution in [0.4, 0.5) is 0 Å². The van der Waals surface area contributed by atoms with Crippen molar-refractivity contribution in [1.82, 2.24) is 0 Å². The van der Waals surface area contributed by atoms with Crippen molar-refractivity contribution < 1.29 is 9.53 Å². The average molecular weight is 312 g/mol. The highest BCUT2D eigenvalue weighted by Crippen LogP contribution is 2.19. The van der Waals surface area contributed by atoms with E-state index in [4.69, 9.17) is 10.5 Å². The largest absolute Gasteiger partial charge is 0.496 e. The Kier molecular flexibility index (Phi) is 8.83. The van der Waals surface area contributed by atoms with Gasteiger partial charge in [-0.05, 0) is 25.5 Å². The van der Waals surface area contributed by atoms with E-state index in [0.29, 0.717) is 19.4 Å². The first-order valence-electron chi connectivity index (χ1n) is 7.56. The molecular formula is C19H24N2O2. The number of nitrogens with zero attached hydrogens (tertiary/aromatic N) is 1. The summed E-state index contributed by atoms with van der Waals surface area (Å²) in [5, 5.41) is 0. The van der Waals surface area contributed by atoms with Crippen LogP contribution >= 0.6 is 0 Å². The third-order valence-electron chi connectivity index (χ3n) is 3.04. The van der Waals surface area contributed by atoms with Crippen molar-refractivity contribution in [2.75, 3.05) is 13.7 Å². The van der Waals surface area contributed by atoms with Gasteiger partial charge in [0.1, 0.15) is 5.75 Å². The van der Waals surface area contributed by atoms with Gasteiger partial charge in [0.2, 0.25) is 5.91 Å². The molecule has 23 heavy (non-hydrogen) atoms. The number of benzene rings is 1. The van der Waals surface area contributed by atoms with Crippen LogP contribution in [0.1, 0.15) is 25.3 Å². The van der Waals surface area contributed by atoms with Crippen molar-refractivity contribution in [1.29, 1.82) is 0 Å². The molecular weight excluding hydrogens is 288 g/mol. The van der Waals surface area contributed by atoms with Gasteiger partial charge in [-0.2, -0.15) is 0 Å². The summed E-state index contributed by atoms with van der Waals surface area (Å²) in [5.74, 6) is 0.575. The molecule has 0 aromatic heterocycles. The van der Waals surface area contributed by atoms with Crippen molar-refractivity contribution in [3.63, 3.8) is 0 Å². The minimum atomic E-state index is -0.281. The lowest BCUT2D eigenvalue weighted by molar-refractivity contribution is -0.118. The van der Waals surface area contributed by atoms with Crippen molar-refractivity contribution >= 4 is 18.2 Å². The lowest BCUT2D eigenvalue weighted by Gasteiger charge is -2.03. The molecule has 1 aromatic carbocycles. The Labute approximate surface area is 138 Å². The average Bonchev–Trinajstić information content (AvgIpc) is 2.55. The van der Waals surface area contributed by atoms with E-state index in [1.54, 1.807) is 13.3 Å². The molecule has 0 fully saturated rings. The fourth-order valence-corrected chi connectivity index (χ4v) is 1.82. The first kappa shape index (κ1) is 18.4. The predicted molar refractivity (Wildman–Crippen MR) is 96.7 cm³/mol. The molecule has 0 saturated heterocycles. The van der Waals surface area contributed by atoms with Crippen LogP contribution in [0.3, 0.4) is 0 Å². The first-order chi connectivity index (χ1) is 11.1. The van der Waals surface area contributed by atoms with Crippen molar-refractivity contribution in [3.8, 4) is 5.75 Å². The molecule has 1 rings (SSSR count). The maximum atomic E-state index is 10.5. The summed E-state index contributed by atoms with van der Waals surface area (Å²) in [4.78, 5) is 14.7. The van der Waals surface area contributed by atoms with Gasteiger partial charge in [-0.1, -0.05) is 48.1 Å². The topological polar surface area (TPSA) is 64.7 Å². The smallest absolute Gasteiger partial charge is 0.217 e. The number of methoxy groups -OCH3 is 1. The quantitative estimate of drug-likeness (QED) is 0.430. The Balaban J connectivity index is 2.44. The number of carbonyl (C=O) groups is 1. The molecule has 4 heteroatoms. The maximum Gasteiger partial charge on any atom is 0.217 e. The zero-order valence-corrected chi connectivity index (χ0v) is 13.7. The number of allylic oxidation sites excluding steroid dienone is 5. The number of amides is 1. The summed E-state index contributed by atoms with van der Waals surface area (Å²) in [6, 6.07) is 7.88. The van der Waals surface area contributed by atoms with E-state index >= 15 is 0 Å². The molecule has 2 N–H and O–H groups in total. The second kappa shape index (κ2) is 11.0. The van der Waals surface area contributed by atoms with E-state index in [1.165, 1.54) is 0 Å². The van der Waals surface area contributed by atoms with Crippen molar-refractivity contribution in [3.05, 3.63) is 59.7 Å². The molecule has 0 unspecified atom stereocenters. The maximum absolute atomic E-state index is 10.5. The molecule has 0 atom stereocenters. The number of hydrogen-bond donors (Lipinski definition) is 1. The lowest BCUT2D eigenvalue weighted by Crippen LogP contribution is -2.10. The number of nitrogens with two attached hydrogens (primary N) is 1. The molecule has 0 aliphatic heterocycles. The predicted octanol–water partition coefficient (Wildman–Crippen LogP) is 3.55. The van der Waals surface area contributed by atoms with Gasteiger partial charge < -0.3 is 10.5 Å². The summed E-state index contributed by atoms with van der Waals surface area (Å²) in [7, 11) is 1.67. The second-order valence-corrected chi connectivity index (χ2v) is 5.00. The molecule has 0 bridgehead atoms. The minimum Gasteiger partial charge on any atom is -0.496 e. The van der Waals surface area contributed by atoms with Crippen LogP contribution in [0.25, 0.3) is 6.08 Å². The molecule has 0 heterocycles. The van der Waals surface area contributed by atoms with Crippen LogP contribution < -0.4 is 10.5 Å². The third kappa shape index (κ3) is 8.41. The zero-order valence-electron chi connectivity index (χ0n) is 13.7. The molecule has 1 amide bonds. The molecule has 0 aliphatic carbocycles. The standard InChI is InChI=1S/C19H24N2O2/c1-16(8-5-6-14-21-15-7-11-19(20)22)12-13-17-9-3-4-10-18(17)23-2/h3-6,8-10,12-14H,7,11,15H2,1-2H3,(H2,20,22)/b6-5-,13-12+,16-8+,21-14?. The molecule has 0 radical (unpaired) electrons. The highest BCUT2D eigenvalue weighted by atomic mass is 16.5. The number of rotatable bonds is 9. The van der Waals surface area contributed by atoms with E-state index < -0.39 is 0 Å². The number of aliphatic imine (C=N–C) groups is 1. The molecule has 4 nitrogen and oxygen atoms in total. The van der Waals surface area contributed by atoms with Crippen molar-refractivity contribution in [2.45, 2.75) is 19.8 Å². The van der Waals surface area contributed by atoms with Gasteiger partial charge in [0.05, 0.1) is 7.11 Å². The van der Waals surface area contributed by atoms with Crippen LogP contribution in [0.15, 0.2) is 59.1 Å². The van der Waals surface area contributed by atoms with Crippen LogP contribution in [-0.4, -0.2) is 25.8 Å². The van der Waals surface area contributed by atoms with Gasteiger partial charge in [0.25, 0.3) is 0 Å². The Hall–Kier alpha value is -2.62. The van der Waals surface area contributed by atoms with Gasteiger partial charge in [0, 0.05) is 24.7 Å². The van der Waals surface area contributed by atoms with E-state index in [0.717, 1.165) is 16.9 Å². The van der Waals surface area contributed by atoms with E-state index in [-0.39, 0.29) is 5.91 Å². The summed E-state index contributed by atoms with van der Waals surface area (Å²) in [6.45, 7) is 2.64. The minimum absolute atomic E-state index is 0.281. The molecule has 1 aromatic rings. The molecule has 0 aliphatic rings. The number of carbonyl (C=O) groups excluding carboxylic acids is 1. The lowest BCUT2D eigenvalue weighted by atomic mass is 10.1. The normalized spacial score (nSPS) is 12.5. The van der Waals surface area contributed by atoms with E-state index in [9.17, 15) is 4.79 Å². The van der Waals surface area contributed by atoms with Gasteiger partial charge >= 0.3 is 0 Å². The molecule has 0 saturated carbocycles. The van der Waals surface area contributed by atoms with Crippen LogP contribution in [0, 0.1) is 0 Å². The third-order valence-corrected chi connectivity index (χ3v) is 3.04. The Morgan fingerprint density at radius 1 is 1.30 bits per heavy atom. The summed E-state index contributed by atoms with van der Waals surface area (Å²) < 4.78 is 5.31. The van der Waals surface area contributed by atoms with Crippen LogP contribution in [0.2, 0.25) is 0 Å². The van der Waals surface area contributed by atoms with Gasteiger partial charge in [-0.15, -0.1) is 0 Å². The summed E-state index contributed by atoms with van der Waals surface area (Å²) in [6.07, 6.45) is 12.7. The van der Waals surface area contributed by atoms with E-state index in [2.05, 4.69) is 4.99 Å². The van der Waals surface area contributed by atoms with Crippen LogP contribution in [0.5, 0.6) is 5.75 Å². The number of hydrogen-bond acceptors (Lipinski definition) is 3. The van der Waals surface area contributed by atoms with Gasteiger partial charge in [-0.3, -0.25) is 9.79 Å². The Morgan fingerprint density at radius 3 is 2.83 bits per heavy atom. The fraction of sp³-hybridized carbons (Fsp3) is 0.263. The Morgan fingerprint density at radius 2 is 2.09 bits per heavy atom. The van der Waals surface area contributed by atoms with Gasteiger partial charge in [0.15, 0.2) is 0 Å². The summed E-state index contributed by atoms with van der Waals surface area (Å²) in [5.41, 5.74) is 7.21. The fourth-order valence-electron chi connectivity index (χ4n) is 1.82. The van der Waals surface area contributed by atoms with Crippen LogP contribution in [-0.2, 0) is 4.79 Å². The van der Waals surface area contributed by atoms with E-state index in [1.807, 2.05) is 61.6 Å². The van der Waals surface area contributed by atoms with Crippen molar-refractivity contribution in [2.24, 2.45) is 10.7 Å². The zero-order chi connectivity index (χ0) is 16.9. The molecule has 122 valence electrons. The second-order valence-electron chi connectivity index (χ2n) is 5.00. The monoisotopic (exact) mass is 312 g/mol. The molecule has 0 spiro atoms. The number of para-hydroxylation sites is 1. The van der Waals surface area contributed by atoms with Gasteiger partial charge in [-0.25, -0.2) is 0 Å². The highest BCUT2D eigenvalue weighted by Gasteiger charge is 1.95. The highest BCUT2D eigenvalue weighted by molar-refractivity contribution is 5.74. The Bertz CT molecular complexity index is 614.